The maximum absolute atomic E-state index is 5.81. The highest BCUT2D eigenvalue weighted by Gasteiger charge is 2.50. The van der Waals surface area contributed by atoms with Crippen molar-refractivity contribution in [3.8, 4) is 0 Å². The van der Waals surface area contributed by atoms with E-state index < -0.39 is 0 Å². The van der Waals surface area contributed by atoms with Crippen LogP contribution in [-0.2, 0) is 0 Å². The fraction of sp³-hybridized carbons (Fsp3) is 0.375. The molecule has 0 bridgehead atoms. The van der Waals surface area contributed by atoms with Gasteiger partial charge < -0.3 is 0 Å². The molecule has 2 aromatic carbocycles. The Bertz CT molecular complexity index is 569. The molecule has 3 rings (SSSR count). The van der Waals surface area contributed by atoms with Crippen LogP contribution in [0.25, 0.3) is 10.8 Å². The van der Waals surface area contributed by atoms with Crippen LogP contribution in [0.4, 0.5) is 0 Å². The van der Waals surface area contributed by atoms with E-state index in [0.29, 0.717) is 11.3 Å². The second-order valence-electron chi connectivity index (χ2n) is 6.01. The van der Waals surface area contributed by atoms with Gasteiger partial charge in [-0.3, -0.25) is 11.3 Å². The molecule has 3 N–H and O–H groups in total. The number of rotatable bonds is 3. The average molecular weight is 240 g/mol. The van der Waals surface area contributed by atoms with Gasteiger partial charge in [-0.25, -0.2) is 0 Å². The SMILES string of the molecule is CC1(C)CC1C(NN)c1cccc2ccccc12. The number of hydrazine groups is 1. The Labute approximate surface area is 108 Å². The number of hydrogen-bond acceptors (Lipinski definition) is 2. The summed E-state index contributed by atoms with van der Waals surface area (Å²) in [7, 11) is 0. The van der Waals surface area contributed by atoms with Crippen molar-refractivity contribution in [2.75, 3.05) is 0 Å². The Hall–Kier alpha value is -1.38. The van der Waals surface area contributed by atoms with Crippen molar-refractivity contribution >= 4 is 10.8 Å². The van der Waals surface area contributed by atoms with E-state index >= 15 is 0 Å². The topological polar surface area (TPSA) is 38.0 Å². The molecular formula is C16H20N2. The van der Waals surface area contributed by atoms with Gasteiger partial charge in [-0.2, -0.15) is 0 Å². The third kappa shape index (κ3) is 1.82. The highest BCUT2D eigenvalue weighted by Crippen LogP contribution is 2.58. The minimum atomic E-state index is 0.256. The Morgan fingerprint density at radius 1 is 1.17 bits per heavy atom. The van der Waals surface area contributed by atoms with Crippen LogP contribution in [0.15, 0.2) is 42.5 Å². The van der Waals surface area contributed by atoms with Gasteiger partial charge in [0.05, 0.1) is 0 Å². The van der Waals surface area contributed by atoms with Gasteiger partial charge in [0.15, 0.2) is 0 Å². The molecule has 1 aliphatic rings. The Morgan fingerprint density at radius 2 is 1.83 bits per heavy atom. The fourth-order valence-electron chi connectivity index (χ4n) is 3.02. The van der Waals surface area contributed by atoms with E-state index in [1.807, 2.05) is 0 Å². The summed E-state index contributed by atoms with van der Waals surface area (Å²) in [5, 5.41) is 2.60. The highest BCUT2D eigenvalue weighted by molar-refractivity contribution is 5.86. The maximum Gasteiger partial charge on any atom is 0.0499 e. The zero-order valence-corrected chi connectivity index (χ0v) is 11.0. The third-order valence-electron chi connectivity index (χ3n) is 4.33. The Morgan fingerprint density at radius 3 is 2.50 bits per heavy atom. The molecule has 0 radical (unpaired) electrons. The molecule has 2 heteroatoms. The van der Waals surface area contributed by atoms with Crippen molar-refractivity contribution in [1.82, 2.24) is 5.43 Å². The minimum absolute atomic E-state index is 0.256. The highest BCUT2D eigenvalue weighted by atomic mass is 15.2. The van der Waals surface area contributed by atoms with Gasteiger partial charge in [-0.15, -0.1) is 0 Å². The maximum atomic E-state index is 5.81. The number of fused-ring (bicyclic) bond motifs is 1. The van der Waals surface area contributed by atoms with E-state index in [-0.39, 0.29) is 6.04 Å². The summed E-state index contributed by atoms with van der Waals surface area (Å²) >= 11 is 0. The van der Waals surface area contributed by atoms with Crippen LogP contribution >= 0.6 is 0 Å². The predicted molar refractivity (Wildman–Crippen MR) is 75.9 cm³/mol. The molecule has 0 amide bonds. The number of hydrogen-bond donors (Lipinski definition) is 2. The fourth-order valence-corrected chi connectivity index (χ4v) is 3.02. The molecule has 0 aromatic heterocycles. The van der Waals surface area contributed by atoms with Gasteiger partial charge in [0.2, 0.25) is 0 Å². The van der Waals surface area contributed by atoms with E-state index in [4.69, 9.17) is 5.84 Å². The van der Waals surface area contributed by atoms with Crippen LogP contribution in [0.5, 0.6) is 0 Å². The summed E-state index contributed by atoms with van der Waals surface area (Å²) in [5.74, 6) is 6.44. The summed E-state index contributed by atoms with van der Waals surface area (Å²) in [4.78, 5) is 0. The van der Waals surface area contributed by atoms with Gasteiger partial charge in [0.1, 0.15) is 0 Å². The zero-order chi connectivity index (χ0) is 12.8. The largest absolute Gasteiger partial charge is 0.271 e. The van der Waals surface area contributed by atoms with Crippen molar-refractivity contribution in [2.24, 2.45) is 17.2 Å². The van der Waals surface area contributed by atoms with Crippen molar-refractivity contribution in [2.45, 2.75) is 26.3 Å². The van der Waals surface area contributed by atoms with Gasteiger partial charge >= 0.3 is 0 Å². The van der Waals surface area contributed by atoms with E-state index in [0.717, 1.165) is 0 Å². The molecule has 2 nitrogen and oxygen atoms in total. The van der Waals surface area contributed by atoms with E-state index in [9.17, 15) is 0 Å². The molecular weight excluding hydrogens is 220 g/mol. The van der Waals surface area contributed by atoms with Crippen LogP contribution in [0.2, 0.25) is 0 Å². The zero-order valence-electron chi connectivity index (χ0n) is 11.0. The molecule has 0 saturated heterocycles. The summed E-state index contributed by atoms with van der Waals surface area (Å²) in [6, 6.07) is 15.2. The molecule has 94 valence electrons. The van der Waals surface area contributed by atoms with Crippen molar-refractivity contribution in [3.63, 3.8) is 0 Å². The number of benzene rings is 2. The van der Waals surface area contributed by atoms with E-state index in [2.05, 4.69) is 61.7 Å². The summed E-state index contributed by atoms with van der Waals surface area (Å²) in [6.45, 7) is 4.63. The molecule has 2 unspecified atom stereocenters. The molecule has 1 fully saturated rings. The van der Waals surface area contributed by atoms with Gasteiger partial charge in [-0.05, 0) is 34.1 Å². The number of nitrogens with one attached hydrogen (secondary N) is 1. The molecule has 1 saturated carbocycles. The third-order valence-corrected chi connectivity index (χ3v) is 4.33. The van der Waals surface area contributed by atoms with Crippen molar-refractivity contribution < 1.29 is 0 Å². The lowest BCUT2D eigenvalue weighted by Crippen LogP contribution is -2.30. The molecule has 0 aliphatic heterocycles. The van der Waals surface area contributed by atoms with Crippen LogP contribution in [-0.4, -0.2) is 0 Å². The average Bonchev–Trinajstić information content (AvgIpc) is 2.99. The van der Waals surface area contributed by atoms with Crippen molar-refractivity contribution in [3.05, 3.63) is 48.0 Å². The summed E-state index contributed by atoms with van der Waals surface area (Å²) < 4.78 is 0. The van der Waals surface area contributed by atoms with Gasteiger partial charge in [0, 0.05) is 6.04 Å². The molecule has 0 heterocycles. The van der Waals surface area contributed by atoms with Crippen LogP contribution < -0.4 is 11.3 Å². The molecule has 18 heavy (non-hydrogen) atoms. The summed E-state index contributed by atoms with van der Waals surface area (Å²) in [5.41, 5.74) is 4.76. The lowest BCUT2D eigenvalue weighted by atomic mass is 9.93. The molecule has 2 aromatic rings. The first kappa shape index (κ1) is 11.7. The van der Waals surface area contributed by atoms with Gasteiger partial charge in [-0.1, -0.05) is 56.3 Å². The quantitative estimate of drug-likeness (QED) is 0.637. The summed E-state index contributed by atoms with van der Waals surface area (Å²) in [6.07, 6.45) is 1.24. The monoisotopic (exact) mass is 240 g/mol. The lowest BCUT2D eigenvalue weighted by molar-refractivity contribution is 0.425. The first-order valence-corrected chi connectivity index (χ1v) is 6.57. The first-order chi connectivity index (χ1) is 8.63. The lowest BCUT2D eigenvalue weighted by Gasteiger charge is -2.20. The van der Waals surface area contributed by atoms with E-state index in [1.54, 1.807) is 0 Å². The predicted octanol–water partition coefficient (Wildman–Crippen LogP) is 3.39. The second-order valence-corrected chi connectivity index (χ2v) is 6.01. The molecule has 1 aliphatic carbocycles. The van der Waals surface area contributed by atoms with Crippen LogP contribution in [0, 0.1) is 11.3 Å². The molecule has 2 atom stereocenters. The van der Waals surface area contributed by atoms with E-state index in [1.165, 1.54) is 22.8 Å². The van der Waals surface area contributed by atoms with Crippen molar-refractivity contribution in [1.29, 1.82) is 0 Å². The number of nitrogens with two attached hydrogens (primary N) is 1. The smallest absolute Gasteiger partial charge is 0.0499 e. The van der Waals surface area contributed by atoms with Gasteiger partial charge in [0.25, 0.3) is 0 Å². The standard InChI is InChI=1S/C16H20N2/c1-16(2)10-14(16)15(18-17)13-9-5-7-11-6-3-4-8-12(11)13/h3-9,14-15,18H,10,17H2,1-2H3. The molecule has 0 spiro atoms. The second kappa shape index (κ2) is 4.08. The van der Waals surface area contributed by atoms with Crippen LogP contribution in [0.3, 0.4) is 0 Å². The normalized spacial score (nSPS) is 22.9. The minimum Gasteiger partial charge on any atom is -0.271 e. The van der Waals surface area contributed by atoms with Crippen LogP contribution in [0.1, 0.15) is 31.9 Å². The Balaban J connectivity index is 2.08. The Kier molecular flexibility index (Phi) is 2.65. The first-order valence-electron chi connectivity index (χ1n) is 6.57.